The third kappa shape index (κ3) is 3.51. The Labute approximate surface area is 131 Å². The van der Waals surface area contributed by atoms with Crippen LogP contribution in [-0.4, -0.2) is 27.4 Å². The lowest BCUT2D eigenvalue weighted by Crippen LogP contribution is -2.41. The van der Waals surface area contributed by atoms with Gasteiger partial charge in [-0.05, 0) is 40.9 Å². The quantitative estimate of drug-likeness (QED) is 0.885. The van der Waals surface area contributed by atoms with E-state index >= 15 is 0 Å². The molecule has 0 aliphatic heterocycles. The fraction of sp³-hybridized carbons (Fsp3) is 0.467. The summed E-state index contributed by atoms with van der Waals surface area (Å²) < 4.78 is 6.61. The van der Waals surface area contributed by atoms with Crippen LogP contribution >= 0.6 is 15.9 Å². The third-order valence-corrected chi connectivity index (χ3v) is 4.51. The summed E-state index contributed by atoms with van der Waals surface area (Å²) in [6.45, 7) is 0.485. The van der Waals surface area contributed by atoms with Crippen LogP contribution < -0.4 is 5.32 Å². The fourth-order valence-electron chi connectivity index (χ4n) is 2.64. The minimum absolute atomic E-state index is 0.123. The molecule has 2 aromatic rings. The summed E-state index contributed by atoms with van der Waals surface area (Å²) in [5.74, 6) is 1.04. The first-order valence-electron chi connectivity index (χ1n) is 7.23. The molecule has 0 saturated heterocycles. The Hall–Kier alpha value is -1.24. The number of aliphatic hydroxyl groups is 1. The van der Waals surface area contributed by atoms with E-state index in [2.05, 4.69) is 31.4 Å². The van der Waals surface area contributed by atoms with Crippen LogP contribution in [0.5, 0.6) is 0 Å². The number of aliphatic hydroxyl groups excluding tert-OH is 1. The summed E-state index contributed by atoms with van der Waals surface area (Å²) in [6, 6.07) is 7.87. The number of rotatable bonds is 4. The lowest BCUT2D eigenvalue weighted by Gasteiger charge is -2.27. The molecule has 1 aromatic heterocycles. The summed E-state index contributed by atoms with van der Waals surface area (Å²) in [6.07, 6.45) is 3.84. The molecule has 0 spiro atoms. The summed E-state index contributed by atoms with van der Waals surface area (Å²) in [5, 5.41) is 21.4. The first-order valence-corrected chi connectivity index (χ1v) is 8.02. The molecule has 1 aromatic carbocycles. The molecule has 2 N–H and O–H groups in total. The Morgan fingerprint density at radius 2 is 2.05 bits per heavy atom. The number of halogens is 1. The maximum Gasteiger partial charge on any atom is 0.248 e. The predicted octanol–water partition coefficient (Wildman–Crippen LogP) is 2.89. The Bertz CT molecular complexity index is 602. The first-order chi connectivity index (χ1) is 10.2. The number of hydrogen-bond donors (Lipinski definition) is 2. The molecule has 0 radical (unpaired) electrons. The predicted molar refractivity (Wildman–Crippen MR) is 82.5 cm³/mol. The van der Waals surface area contributed by atoms with E-state index in [4.69, 9.17) is 4.42 Å². The molecule has 21 heavy (non-hydrogen) atoms. The van der Waals surface area contributed by atoms with Gasteiger partial charge in [-0.1, -0.05) is 25.0 Å². The van der Waals surface area contributed by atoms with Gasteiger partial charge in [0.25, 0.3) is 0 Å². The Morgan fingerprint density at radius 1 is 1.24 bits per heavy atom. The van der Waals surface area contributed by atoms with E-state index in [1.165, 1.54) is 0 Å². The van der Waals surface area contributed by atoms with Crippen LogP contribution in [0.1, 0.15) is 31.6 Å². The van der Waals surface area contributed by atoms with Crippen molar-refractivity contribution in [1.82, 2.24) is 15.5 Å². The maximum absolute atomic E-state index is 9.93. The highest BCUT2D eigenvalue weighted by atomic mass is 79.9. The fourth-order valence-corrected chi connectivity index (χ4v) is 3.09. The van der Waals surface area contributed by atoms with Crippen LogP contribution in [0.4, 0.5) is 0 Å². The smallest absolute Gasteiger partial charge is 0.248 e. The summed E-state index contributed by atoms with van der Waals surface area (Å²) in [7, 11) is 0. The van der Waals surface area contributed by atoms with Gasteiger partial charge in [-0.15, -0.1) is 10.2 Å². The number of nitrogens with one attached hydrogen (secondary N) is 1. The van der Waals surface area contributed by atoms with Gasteiger partial charge in [0, 0.05) is 10.5 Å². The second-order valence-corrected chi connectivity index (χ2v) is 6.17. The summed E-state index contributed by atoms with van der Waals surface area (Å²) in [5.41, 5.74) is 0.883. The third-order valence-electron chi connectivity index (χ3n) is 3.82. The van der Waals surface area contributed by atoms with Crippen molar-refractivity contribution in [2.45, 2.75) is 44.4 Å². The van der Waals surface area contributed by atoms with E-state index in [0.29, 0.717) is 18.3 Å². The van der Waals surface area contributed by atoms with Crippen molar-refractivity contribution in [2.24, 2.45) is 0 Å². The van der Waals surface area contributed by atoms with Crippen molar-refractivity contribution in [3.8, 4) is 11.5 Å². The normalized spacial score (nSPS) is 22.4. The Morgan fingerprint density at radius 3 is 2.86 bits per heavy atom. The molecule has 2 unspecified atom stereocenters. The molecule has 3 rings (SSSR count). The second-order valence-electron chi connectivity index (χ2n) is 5.32. The Kier molecular flexibility index (Phi) is 4.67. The van der Waals surface area contributed by atoms with E-state index in [0.717, 1.165) is 35.7 Å². The Balaban J connectivity index is 1.64. The van der Waals surface area contributed by atoms with Crippen molar-refractivity contribution < 1.29 is 9.52 Å². The molecule has 0 amide bonds. The molecular weight excluding hydrogens is 334 g/mol. The van der Waals surface area contributed by atoms with E-state index in [1.807, 2.05) is 24.3 Å². The van der Waals surface area contributed by atoms with Gasteiger partial charge >= 0.3 is 0 Å². The van der Waals surface area contributed by atoms with Gasteiger partial charge in [-0.25, -0.2) is 0 Å². The first kappa shape index (κ1) is 14.7. The SMILES string of the molecule is OC1CCCCC1NCc1nnc(-c2ccccc2Br)o1. The van der Waals surface area contributed by atoms with E-state index in [-0.39, 0.29) is 12.1 Å². The number of nitrogens with zero attached hydrogens (tertiary/aromatic N) is 2. The van der Waals surface area contributed by atoms with Crippen molar-refractivity contribution in [3.63, 3.8) is 0 Å². The minimum Gasteiger partial charge on any atom is -0.419 e. The molecule has 6 heteroatoms. The van der Waals surface area contributed by atoms with Gasteiger partial charge < -0.3 is 14.8 Å². The zero-order valence-electron chi connectivity index (χ0n) is 11.6. The number of aromatic nitrogens is 2. The highest BCUT2D eigenvalue weighted by Gasteiger charge is 2.23. The van der Waals surface area contributed by atoms with Crippen LogP contribution in [0.25, 0.3) is 11.5 Å². The molecule has 5 nitrogen and oxygen atoms in total. The molecular formula is C15H18BrN3O2. The van der Waals surface area contributed by atoms with Gasteiger partial charge in [0.1, 0.15) is 0 Å². The van der Waals surface area contributed by atoms with Gasteiger partial charge in [0.15, 0.2) is 0 Å². The molecule has 1 fully saturated rings. The summed E-state index contributed by atoms with van der Waals surface area (Å²) in [4.78, 5) is 0. The average molecular weight is 352 g/mol. The van der Waals surface area contributed by atoms with E-state index < -0.39 is 0 Å². The van der Waals surface area contributed by atoms with Crippen LogP contribution in [0.2, 0.25) is 0 Å². The second kappa shape index (κ2) is 6.68. The topological polar surface area (TPSA) is 71.2 Å². The molecule has 112 valence electrons. The van der Waals surface area contributed by atoms with E-state index in [9.17, 15) is 5.11 Å². The zero-order valence-corrected chi connectivity index (χ0v) is 13.2. The van der Waals surface area contributed by atoms with Crippen LogP contribution in [0.15, 0.2) is 33.2 Å². The summed E-state index contributed by atoms with van der Waals surface area (Å²) >= 11 is 3.48. The zero-order chi connectivity index (χ0) is 14.7. The van der Waals surface area contributed by atoms with Crippen molar-refractivity contribution in [3.05, 3.63) is 34.6 Å². The van der Waals surface area contributed by atoms with Gasteiger partial charge in [0.2, 0.25) is 11.8 Å². The minimum atomic E-state index is -0.274. The lowest BCUT2D eigenvalue weighted by molar-refractivity contribution is 0.0891. The van der Waals surface area contributed by atoms with Gasteiger partial charge in [0.05, 0.1) is 18.2 Å². The number of hydrogen-bond acceptors (Lipinski definition) is 5. The molecule has 1 saturated carbocycles. The van der Waals surface area contributed by atoms with Crippen molar-refractivity contribution in [1.29, 1.82) is 0 Å². The molecule has 1 aliphatic rings. The van der Waals surface area contributed by atoms with Gasteiger partial charge in [-0.3, -0.25) is 0 Å². The molecule has 2 atom stereocenters. The highest BCUT2D eigenvalue weighted by Crippen LogP contribution is 2.26. The number of benzene rings is 1. The maximum atomic E-state index is 9.93. The average Bonchev–Trinajstić information content (AvgIpc) is 2.96. The van der Waals surface area contributed by atoms with Crippen molar-refractivity contribution >= 4 is 15.9 Å². The standard InChI is InChI=1S/C15H18BrN3O2/c16-11-6-2-1-5-10(11)15-19-18-14(21-15)9-17-12-7-3-4-8-13(12)20/h1-2,5-6,12-13,17,20H,3-4,7-9H2. The van der Waals surface area contributed by atoms with Crippen molar-refractivity contribution in [2.75, 3.05) is 0 Å². The van der Waals surface area contributed by atoms with Crippen LogP contribution in [0, 0.1) is 0 Å². The monoisotopic (exact) mass is 351 g/mol. The molecule has 1 heterocycles. The van der Waals surface area contributed by atoms with E-state index in [1.54, 1.807) is 0 Å². The molecule has 1 aliphatic carbocycles. The highest BCUT2D eigenvalue weighted by molar-refractivity contribution is 9.10. The lowest BCUT2D eigenvalue weighted by atomic mass is 9.93. The largest absolute Gasteiger partial charge is 0.419 e. The van der Waals surface area contributed by atoms with Crippen LogP contribution in [0.3, 0.4) is 0 Å². The van der Waals surface area contributed by atoms with Gasteiger partial charge in [-0.2, -0.15) is 0 Å². The van der Waals surface area contributed by atoms with Crippen LogP contribution in [-0.2, 0) is 6.54 Å². The molecule has 0 bridgehead atoms.